The minimum atomic E-state index is -0.600. The van der Waals surface area contributed by atoms with Crippen molar-refractivity contribution in [3.63, 3.8) is 0 Å². The number of rotatable bonds is 1. The van der Waals surface area contributed by atoms with Gasteiger partial charge in [-0.25, -0.2) is 14.5 Å². The molecule has 22 heavy (non-hydrogen) atoms. The van der Waals surface area contributed by atoms with Crippen LogP contribution in [-0.4, -0.2) is 43.8 Å². The van der Waals surface area contributed by atoms with Gasteiger partial charge in [0.15, 0.2) is 23.0 Å². The van der Waals surface area contributed by atoms with Crippen LogP contribution in [-0.2, 0) is 0 Å². The number of hydrogen-bond acceptors (Lipinski definition) is 7. The lowest BCUT2D eigenvalue weighted by Gasteiger charge is -2.17. The fourth-order valence-electron chi connectivity index (χ4n) is 2.31. The number of amidine groups is 1. The van der Waals surface area contributed by atoms with Gasteiger partial charge in [-0.15, -0.1) is 0 Å². The Balaban J connectivity index is 2.04. The smallest absolute Gasteiger partial charge is 0.292 e. The molecule has 0 atom stereocenters. The number of H-pyrrole nitrogens is 1. The van der Waals surface area contributed by atoms with E-state index in [4.69, 9.17) is 20.4 Å². The summed E-state index contributed by atoms with van der Waals surface area (Å²) in [6.07, 6.45) is 0. The van der Waals surface area contributed by atoms with Crippen LogP contribution in [0.2, 0.25) is 0 Å². The Bertz CT molecular complexity index is 989. The van der Waals surface area contributed by atoms with Gasteiger partial charge in [0, 0.05) is 12.1 Å². The lowest BCUT2D eigenvalue weighted by molar-refractivity contribution is 0.172. The molecular weight excluding hydrogens is 292 g/mol. The molecule has 0 spiro atoms. The van der Waals surface area contributed by atoms with E-state index in [0.29, 0.717) is 35.7 Å². The molecule has 3 heterocycles. The minimum Gasteiger partial charge on any atom is -0.486 e. The van der Waals surface area contributed by atoms with Crippen LogP contribution < -0.4 is 20.8 Å². The number of fused-ring (bicyclic) bond motifs is 4. The van der Waals surface area contributed by atoms with Gasteiger partial charge in [0.2, 0.25) is 0 Å². The number of nitrogens with two attached hydrogens (primary N) is 1. The lowest BCUT2D eigenvalue weighted by Crippen LogP contribution is -2.28. The maximum Gasteiger partial charge on any atom is 0.292 e. The molecule has 0 aliphatic carbocycles. The minimum absolute atomic E-state index is 0.206. The Hall–Kier alpha value is -3.30. The second-order valence-electron chi connectivity index (χ2n) is 4.62. The second-order valence-corrected chi connectivity index (χ2v) is 4.62. The van der Waals surface area contributed by atoms with Gasteiger partial charge >= 0.3 is 0 Å². The van der Waals surface area contributed by atoms with E-state index in [0.717, 1.165) is 0 Å². The summed E-state index contributed by atoms with van der Waals surface area (Å²) in [5, 5.41) is 14.0. The van der Waals surface area contributed by atoms with Crippen molar-refractivity contribution in [3.8, 4) is 11.5 Å². The third kappa shape index (κ3) is 1.67. The van der Waals surface area contributed by atoms with E-state index in [-0.39, 0.29) is 17.3 Å². The highest BCUT2D eigenvalue weighted by molar-refractivity contribution is 5.95. The van der Waals surface area contributed by atoms with Gasteiger partial charge in [-0.3, -0.25) is 9.89 Å². The van der Waals surface area contributed by atoms with Crippen molar-refractivity contribution in [1.82, 2.24) is 19.6 Å². The molecule has 0 unspecified atom stereocenters. The first-order valence-electron chi connectivity index (χ1n) is 6.37. The van der Waals surface area contributed by atoms with Crippen LogP contribution in [0.3, 0.4) is 0 Å². The first kappa shape index (κ1) is 12.4. The van der Waals surface area contributed by atoms with Crippen LogP contribution in [0.5, 0.6) is 11.5 Å². The Labute approximate surface area is 121 Å². The molecule has 3 aromatic rings. The van der Waals surface area contributed by atoms with Crippen LogP contribution in [0.1, 0.15) is 5.69 Å². The molecule has 4 rings (SSSR count). The van der Waals surface area contributed by atoms with Crippen LogP contribution in [0.4, 0.5) is 0 Å². The highest BCUT2D eigenvalue weighted by atomic mass is 16.6. The van der Waals surface area contributed by atoms with Crippen molar-refractivity contribution in [2.75, 3.05) is 13.2 Å². The number of hydrogen-bond donors (Lipinski definition) is 3. The number of oxime groups is 1. The number of aromatic amines is 1. The van der Waals surface area contributed by atoms with Gasteiger partial charge in [-0.1, -0.05) is 5.16 Å². The standard InChI is InChI=1S/C12H10N6O4/c13-10(17-20)9-11(19)16-18-6-4-8-7(21-1-2-22-8)3-5(6)14-12(18)15-9/h3-4,20H,1-2H2,(H2,13,17)(H,16,19). The molecule has 10 nitrogen and oxygen atoms in total. The summed E-state index contributed by atoms with van der Waals surface area (Å²) in [6.45, 7) is 0.923. The van der Waals surface area contributed by atoms with Crippen molar-refractivity contribution in [1.29, 1.82) is 0 Å². The zero-order valence-corrected chi connectivity index (χ0v) is 11.1. The Morgan fingerprint density at radius 1 is 1.32 bits per heavy atom. The highest BCUT2D eigenvalue weighted by Gasteiger charge is 2.18. The molecular formula is C12H10N6O4. The number of aromatic nitrogens is 4. The van der Waals surface area contributed by atoms with Crippen molar-refractivity contribution in [3.05, 3.63) is 28.2 Å². The Morgan fingerprint density at radius 3 is 2.77 bits per heavy atom. The molecule has 0 amide bonds. The molecule has 112 valence electrons. The topological polar surface area (TPSA) is 140 Å². The van der Waals surface area contributed by atoms with Gasteiger partial charge in [0.05, 0.1) is 11.0 Å². The molecule has 1 aromatic carbocycles. The molecule has 1 aliphatic rings. The summed E-state index contributed by atoms with van der Waals surface area (Å²) in [7, 11) is 0. The molecule has 0 saturated heterocycles. The van der Waals surface area contributed by atoms with Gasteiger partial charge in [-0.05, 0) is 0 Å². The van der Waals surface area contributed by atoms with Gasteiger partial charge in [-0.2, -0.15) is 0 Å². The third-order valence-corrected chi connectivity index (χ3v) is 3.29. The molecule has 0 bridgehead atoms. The largest absolute Gasteiger partial charge is 0.486 e. The summed E-state index contributed by atoms with van der Waals surface area (Å²) < 4.78 is 12.4. The number of ether oxygens (including phenoxy) is 2. The molecule has 0 fully saturated rings. The van der Waals surface area contributed by atoms with Crippen LogP contribution in [0.15, 0.2) is 22.1 Å². The molecule has 1 aliphatic heterocycles. The van der Waals surface area contributed by atoms with E-state index in [9.17, 15) is 4.79 Å². The van der Waals surface area contributed by atoms with E-state index in [1.807, 2.05) is 0 Å². The molecule has 10 heteroatoms. The number of imidazole rings is 1. The fourth-order valence-corrected chi connectivity index (χ4v) is 2.31. The first-order chi connectivity index (χ1) is 10.7. The summed E-state index contributed by atoms with van der Waals surface area (Å²) in [6, 6.07) is 3.42. The van der Waals surface area contributed by atoms with Gasteiger partial charge in [0.1, 0.15) is 13.2 Å². The van der Waals surface area contributed by atoms with Gasteiger partial charge in [0.25, 0.3) is 11.3 Å². The Morgan fingerprint density at radius 2 is 2.05 bits per heavy atom. The third-order valence-electron chi connectivity index (χ3n) is 3.29. The molecule has 0 radical (unpaired) electrons. The lowest BCUT2D eigenvalue weighted by atomic mass is 10.2. The van der Waals surface area contributed by atoms with E-state index >= 15 is 0 Å². The Kier molecular flexibility index (Phi) is 2.46. The van der Waals surface area contributed by atoms with E-state index in [2.05, 4.69) is 20.2 Å². The van der Waals surface area contributed by atoms with E-state index in [1.165, 1.54) is 4.52 Å². The van der Waals surface area contributed by atoms with Crippen molar-refractivity contribution in [2.45, 2.75) is 0 Å². The first-order valence-corrected chi connectivity index (χ1v) is 6.37. The van der Waals surface area contributed by atoms with Crippen LogP contribution >= 0.6 is 0 Å². The normalized spacial score (nSPS) is 14.6. The molecule has 2 aromatic heterocycles. The second kappa shape index (κ2) is 4.35. The van der Waals surface area contributed by atoms with Gasteiger partial charge < -0.3 is 20.4 Å². The van der Waals surface area contributed by atoms with Crippen molar-refractivity contribution < 1.29 is 14.7 Å². The zero-order chi connectivity index (χ0) is 15.3. The summed E-state index contributed by atoms with van der Waals surface area (Å²) >= 11 is 0. The molecule has 4 N–H and O–H groups in total. The number of nitrogens with one attached hydrogen (secondary N) is 1. The van der Waals surface area contributed by atoms with Crippen molar-refractivity contribution >= 4 is 22.6 Å². The van der Waals surface area contributed by atoms with E-state index in [1.54, 1.807) is 12.1 Å². The summed E-state index contributed by atoms with van der Waals surface area (Å²) in [4.78, 5) is 20.3. The van der Waals surface area contributed by atoms with Crippen molar-refractivity contribution in [2.24, 2.45) is 10.9 Å². The van der Waals surface area contributed by atoms with E-state index < -0.39 is 5.56 Å². The monoisotopic (exact) mass is 302 g/mol. The predicted molar refractivity (Wildman–Crippen MR) is 74.6 cm³/mol. The van der Waals surface area contributed by atoms with Crippen LogP contribution in [0.25, 0.3) is 16.8 Å². The zero-order valence-electron chi connectivity index (χ0n) is 11.1. The van der Waals surface area contributed by atoms with Crippen LogP contribution in [0, 0.1) is 0 Å². The predicted octanol–water partition coefficient (Wildman–Crippen LogP) is -0.563. The average molecular weight is 302 g/mol. The highest BCUT2D eigenvalue weighted by Crippen LogP contribution is 2.34. The maximum atomic E-state index is 12.0. The quantitative estimate of drug-likeness (QED) is 0.237. The maximum absolute atomic E-state index is 12.0. The fraction of sp³-hybridized carbons (Fsp3) is 0.167. The SMILES string of the molecule is N/C(=N\O)c1nc2nc3cc4c(cc3n2[nH]c1=O)OCCO4. The summed E-state index contributed by atoms with van der Waals surface area (Å²) in [5.41, 5.74) is 5.79. The molecule has 0 saturated carbocycles. The number of benzene rings is 1. The summed E-state index contributed by atoms with van der Waals surface area (Å²) in [5.74, 6) is 0.975. The number of nitrogens with zero attached hydrogens (tertiary/aromatic N) is 4. The average Bonchev–Trinajstić information content (AvgIpc) is 2.87.